The maximum Gasteiger partial charge on any atom is 0.136 e. The van der Waals surface area contributed by atoms with Gasteiger partial charge in [0.2, 0.25) is 0 Å². The average Bonchev–Trinajstić information content (AvgIpc) is 2.91. The van der Waals surface area contributed by atoms with E-state index in [0.717, 1.165) is 64.2 Å². The Morgan fingerprint density at radius 1 is 0.892 bits per heavy atom. The second-order valence-electron chi connectivity index (χ2n) is 11.2. The van der Waals surface area contributed by atoms with Gasteiger partial charge in [0.25, 0.3) is 0 Å². The van der Waals surface area contributed by atoms with Gasteiger partial charge < -0.3 is 25.2 Å². The number of fused-ring (bicyclic) bond motifs is 1. The highest BCUT2D eigenvalue weighted by atomic mass is 16.5. The Morgan fingerprint density at radius 3 is 2.24 bits per heavy atom. The predicted molar refractivity (Wildman–Crippen MR) is 152 cm³/mol. The van der Waals surface area contributed by atoms with Crippen LogP contribution in [0.15, 0.2) is 42.5 Å². The van der Waals surface area contributed by atoms with Crippen molar-refractivity contribution in [3.63, 3.8) is 0 Å². The zero-order chi connectivity index (χ0) is 26.1. The number of ether oxygens (including phenoxy) is 1. The van der Waals surface area contributed by atoms with Crippen LogP contribution in [0.5, 0.6) is 5.75 Å². The molecule has 37 heavy (non-hydrogen) atoms. The van der Waals surface area contributed by atoms with Gasteiger partial charge in [-0.25, -0.2) is 4.90 Å². The number of methoxy groups -OCH3 is 1. The Bertz CT molecular complexity index is 1050. The van der Waals surface area contributed by atoms with Crippen LogP contribution in [0.1, 0.15) is 43.0 Å². The number of piperidine rings is 2. The first-order chi connectivity index (χ1) is 17.9. The molecule has 8 nitrogen and oxygen atoms in total. The maximum absolute atomic E-state index is 7.10. The number of rotatable bonds is 6. The zero-order valence-electron chi connectivity index (χ0n) is 23.0. The van der Waals surface area contributed by atoms with Gasteiger partial charge >= 0.3 is 0 Å². The summed E-state index contributed by atoms with van der Waals surface area (Å²) < 4.78 is 5.73. The summed E-state index contributed by atoms with van der Waals surface area (Å²) in [4.78, 5) is 12.0. The first kappa shape index (κ1) is 26.3. The minimum absolute atomic E-state index is 0.181. The highest BCUT2D eigenvalue weighted by Gasteiger charge is 2.42. The van der Waals surface area contributed by atoms with Crippen LogP contribution in [-0.2, 0) is 6.54 Å². The second kappa shape index (κ2) is 11.2. The van der Waals surface area contributed by atoms with Crippen LogP contribution in [0.2, 0.25) is 0 Å². The fourth-order valence-electron chi connectivity index (χ4n) is 6.64. The van der Waals surface area contributed by atoms with E-state index in [1.807, 2.05) is 0 Å². The van der Waals surface area contributed by atoms with Gasteiger partial charge in [0.05, 0.1) is 13.3 Å². The van der Waals surface area contributed by atoms with Crippen LogP contribution >= 0.6 is 0 Å². The van der Waals surface area contributed by atoms with Crippen molar-refractivity contribution in [3.8, 4) is 5.75 Å². The number of para-hydroxylation sites is 1. The van der Waals surface area contributed by atoms with Crippen LogP contribution in [0.4, 0.5) is 11.4 Å². The van der Waals surface area contributed by atoms with E-state index in [9.17, 15) is 0 Å². The van der Waals surface area contributed by atoms with E-state index in [4.69, 9.17) is 16.2 Å². The van der Waals surface area contributed by atoms with Crippen LogP contribution in [-0.4, -0.2) is 87.5 Å². The van der Waals surface area contributed by atoms with Gasteiger partial charge in [-0.05, 0) is 77.1 Å². The quantitative estimate of drug-likeness (QED) is 0.618. The van der Waals surface area contributed by atoms with E-state index < -0.39 is 0 Å². The Labute approximate surface area is 222 Å². The van der Waals surface area contributed by atoms with E-state index in [1.54, 1.807) is 7.11 Å². The molecule has 3 heterocycles. The Hall–Kier alpha value is -2.36. The summed E-state index contributed by atoms with van der Waals surface area (Å²) in [5.41, 5.74) is 18.9. The molecule has 8 heteroatoms. The molecule has 202 valence electrons. The first-order valence-electron chi connectivity index (χ1n) is 13.8. The largest absolute Gasteiger partial charge is 0.496 e. The summed E-state index contributed by atoms with van der Waals surface area (Å²) in [5, 5.41) is 0. The van der Waals surface area contributed by atoms with Crippen LogP contribution in [0, 0.1) is 0 Å². The van der Waals surface area contributed by atoms with Crippen molar-refractivity contribution in [3.05, 3.63) is 53.6 Å². The van der Waals surface area contributed by atoms with Crippen LogP contribution < -0.4 is 26.0 Å². The molecule has 3 aliphatic rings. The molecule has 2 unspecified atom stereocenters. The number of likely N-dealkylation sites (tertiary alicyclic amines) is 2. The molecule has 0 bridgehead atoms. The summed E-state index contributed by atoms with van der Waals surface area (Å²) in [6.45, 7) is 5.13. The molecule has 2 atom stereocenters. The third kappa shape index (κ3) is 5.18. The van der Waals surface area contributed by atoms with Gasteiger partial charge in [-0.1, -0.05) is 24.3 Å². The van der Waals surface area contributed by atoms with E-state index in [2.05, 4.69) is 88.1 Å². The molecule has 0 aromatic heterocycles. The number of hydrogen-bond acceptors (Lipinski definition) is 8. The molecule has 2 aromatic rings. The summed E-state index contributed by atoms with van der Waals surface area (Å²) in [6, 6.07) is 15.7. The number of hydrogen-bond donors (Lipinski definition) is 2. The molecule has 0 spiro atoms. The van der Waals surface area contributed by atoms with E-state index >= 15 is 0 Å². The SMILES string of the molecule is COc1cccc(N(C)C)c1CN1CCC(N2C(N)c3ccccc3N(C3CCN(C)CC3)C2N)CC1. The topological polar surface area (TPSA) is 77.5 Å². The predicted octanol–water partition coefficient (Wildman–Crippen LogP) is 2.84. The number of nitrogens with two attached hydrogens (primary N) is 2. The van der Waals surface area contributed by atoms with Crippen LogP contribution in [0.25, 0.3) is 0 Å². The highest BCUT2D eigenvalue weighted by molar-refractivity contribution is 5.59. The third-order valence-electron chi connectivity index (χ3n) is 8.70. The van der Waals surface area contributed by atoms with Gasteiger partial charge in [0.1, 0.15) is 12.0 Å². The molecule has 0 aliphatic carbocycles. The molecular weight excluding hydrogens is 462 g/mol. The lowest BCUT2D eigenvalue weighted by Crippen LogP contribution is -2.67. The number of benzene rings is 2. The molecule has 2 fully saturated rings. The minimum Gasteiger partial charge on any atom is -0.496 e. The first-order valence-corrected chi connectivity index (χ1v) is 13.8. The lowest BCUT2D eigenvalue weighted by molar-refractivity contribution is 0.0225. The normalized spacial score (nSPS) is 24.8. The monoisotopic (exact) mass is 507 g/mol. The highest BCUT2D eigenvalue weighted by Crippen LogP contribution is 2.40. The fourth-order valence-corrected chi connectivity index (χ4v) is 6.64. The molecule has 2 aromatic carbocycles. The Kier molecular flexibility index (Phi) is 7.93. The van der Waals surface area contributed by atoms with Crippen molar-refractivity contribution < 1.29 is 4.74 Å². The number of nitrogens with zero attached hydrogens (tertiary/aromatic N) is 5. The molecule has 0 saturated carbocycles. The molecule has 0 radical (unpaired) electrons. The molecule has 3 aliphatic heterocycles. The minimum atomic E-state index is -0.204. The summed E-state index contributed by atoms with van der Waals surface area (Å²) >= 11 is 0. The Morgan fingerprint density at radius 2 is 1.57 bits per heavy atom. The van der Waals surface area contributed by atoms with Gasteiger partial charge in [0.15, 0.2) is 0 Å². The van der Waals surface area contributed by atoms with E-state index in [1.165, 1.54) is 22.5 Å². The van der Waals surface area contributed by atoms with Gasteiger partial charge in [-0.3, -0.25) is 10.6 Å². The smallest absolute Gasteiger partial charge is 0.136 e. The molecule has 2 saturated heterocycles. The van der Waals surface area contributed by atoms with Gasteiger partial charge in [-0.2, -0.15) is 0 Å². The lowest BCUT2D eigenvalue weighted by atomic mass is 9.94. The van der Waals surface area contributed by atoms with Crippen molar-refractivity contribution in [2.24, 2.45) is 11.5 Å². The Balaban J connectivity index is 1.32. The van der Waals surface area contributed by atoms with Crippen molar-refractivity contribution >= 4 is 11.4 Å². The summed E-state index contributed by atoms with van der Waals surface area (Å²) in [6.07, 6.45) is 3.98. The van der Waals surface area contributed by atoms with E-state index in [-0.39, 0.29) is 12.5 Å². The van der Waals surface area contributed by atoms with Crippen molar-refractivity contribution in [2.45, 2.75) is 56.8 Å². The maximum atomic E-state index is 7.10. The van der Waals surface area contributed by atoms with Gasteiger partial charge in [-0.15, -0.1) is 0 Å². The van der Waals surface area contributed by atoms with E-state index in [0.29, 0.717) is 12.1 Å². The summed E-state index contributed by atoms with van der Waals surface area (Å²) in [7, 11) is 8.16. The molecule has 0 amide bonds. The van der Waals surface area contributed by atoms with Crippen molar-refractivity contribution in [1.29, 1.82) is 0 Å². The van der Waals surface area contributed by atoms with Gasteiger partial charge in [0, 0.05) is 55.2 Å². The standard InChI is InChI=1S/C29H45N7O/c1-32(2)25-10-7-11-27(37-4)24(25)20-34-18-14-22(15-19-34)36-28(30)23-8-5-6-9-26(23)35(29(36)31)21-12-16-33(3)17-13-21/h5-11,21-22,28-29H,12-20,30-31H2,1-4H3. The fraction of sp³-hybridized carbons (Fsp3) is 0.586. The number of anilines is 2. The van der Waals surface area contributed by atoms with Crippen molar-refractivity contribution in [1.82, 2.24) is 14.7 Å². The third-order valence-corrected chi connectivity index (χ3v) is 8.70. The second-order valence-corrected chi connectivity index (χ2v) is 11.2. The molecule has 5 rings (SSSR count). The van der Waals surface area contributed by atoms with Crippen molar-refractivity contribution in [2.75, 3.05) is 64.2 Å². The van der Waals surface area contributed by atoms with Crippen LogP contribution in [0.3, 0.4) is 0 Å². The average molecular weight is 508 g/mol. The summed E-state index contributed by atoms with van der Waals surface area (Å²) in [5.74, 6) is 0.957. The molecular formula is C29H45N7O. The lowest BCUT2D eigenvalue weighted by Gasteiger charge is -2.54. The molecule has 4 N–H and O–H groups in total. The zero-order valence-corrected chi connectivity index (χ0v) is 23.0.